The largest absolute Gasteiger partial charge is 0.502 e. The maximum atomic E-state index is 12.0. The minimum atomic E-state index is -0.710. The standard InChI is InChI=1S/C17H16BrN3O5/c1-2-7-26-14-5-3-11(4-6-14)17(23)20-19-10-12-8-13(18)9-15(16(12)22)21(24)25/h3-6,8-10,22H,2,7H2,1H3,(H,20,23)/b19-10+. The van der Waals surface area contributed by atoms with Crippen molar-refractivity contribution in [3.05, 3.63) is 62.1 Å². The van der Waals surface area contributed by atoms with Crippen LogP contribution in [-0.4, -0.2) is 28.8 Å². The van der Waals surface area contributed by atoms with Crippen LogP contribution in [0.3, 0.4) is 0 Å². The van der Waals surface area contributed by atoms with Crippen LogP contribution in [0.1, 0.15) is 29.3 Å². The molecule has 26 heavy (non-hydrogen) atoms. The highest BCUT2D eigenvalue weighted by Gasteiger charge is 2.17. The number of nitro groups is 1. The number of aromatic hydroxyl groups is 1. The molecule has 2 aromatic rings. The topological polar surface area (TPSA) is 114 Å². The highest BCUT2D eigenvalue weighted by molar-refractivity contribution is 9.10. The lowest BCUT2D eigenvalue weighted by molar-refractivity contribution is -0.385. The van der Waals surface area contributed by atoms with Gasteiger partial charge in [0.05, 0.1) is 17.7 Å². The maximum Gasteiger partial charge on any atom is 0.312 e. The van der Waals surface area contributed by atoms with E-state index < -0.39 is 22.3 Å². The fourth-order valence-corrected chi connectivity index (χ4v) is 2.45. The molecule has 0 heterocycles. The third-order valence-electron chi connectivity index (χ3n) is 3.24. The van der Waals surface area contributed by atoms with Gasteiger partial charge in [-0.15, -0.1) is 0 Å². The van der Waals surface area contributed by atoms with Gasteiger partial charge in [0.1, 0.15) is 5.75 Å². The number of hydrazone groups is 1. The van der Waals surface area contributed by atoms with Crippen LogP contribution in [0.15, 0.2) is 46.0 Å². The first-order chi connectivity index (χ1) is 12.4. The van der Waals surface area contributed by atoms with E-state index in [1.54, 1.807) is 24.3 Å². The molecule has 0 bridgehead atoms. The van der Waals surface area contributed by atoms with E-state index in [-0.39, 0.29) is 5.56 Å². The Morgan fingerprint density at radius 1 is 1.38 bits per heavy atom. The molecule has 136 valence electrons. The second kappa shape index (κ2) is 8.95. The molecule has 0 saturated carbocycles. The summed E-state index contributed by atoms with van der Waals surface area (Å²) < 4.78 is 5.84. The number of phenolic OH excluding ortho intramolecular Hbond substituents is 1. The number of nitrogens with zero attached hydrogens (tertiary/aromatic N) is 2. The molecule has 0 atom stereocenters. The zero-order valence-electron chi connectivity index (χ0n) is 13.8. The van der Waals surface area contributed by atoms with Crippen molar-refractivity contribution in [1.82, 2.24) is 5.43 Å². The van der Waals surface area contributed by atoms with Crippen molar-refractivity contribution in [3.8, 4) is 11.5 Å². The fourth-order valence-electron chi connectivity index (χ4n) is 1.99. The number of nitrogens with one attached hydrogen (secondary N) is 1. The van der Waals surface area contributed by atoms with Crippen LogP contribution < -0.4 is 10.2 Å². The predicted molar refractivity (Wildman–Crippen MR) is 99.7 cm³/mol. The second-order valence-electron chi connectivity index (χ2n) is 5.19. The first kappa shape index (κ1) is 19.4. The number of hydrogen-bond donors (Lipinski definition) is 2. The lowest BCUT2D eigenvalue weighted by atomic mass is 10.2. The van der Waals surface area contributed by atoms with E-state index in [0.717, 1.165) is 12.6 Å². The summed E-state index contributed by atoms with van der Waals surface area (Å²) in [6.45, 7) is 2.59. The number of phenols is 1. The smallest absolute Gasteiger partial charge is 0.312 e. The van der Waals surface area contributed by atoms with E-state index in [1.807, 2.05) is 6.92 Å². The molecule has 0 aliphatic heterocycles. The Balaban J connectivity index is 2.06. The SMILES string of the molecule is CCCOc1ccc(C(=O)N/N=C/c2cc(Br)cc([N+](=O)[O-])c2O)cc1. The first-order valence-electron chi connectivity index (χ1n) is 7.65. The van der Waals surface area contributed by atoms with Crippen molar-refractivity contribution in [2.45, 2.75) is 13.3 Å². The monoisotopic (exact) mass is 421 g/mol. The van der Waals surface area contributed by atoms with Gasteiger partial charge in [-0.25, -0.2) is 5.43 Å². The molecule has 0 fully saturated rings. The van der Waals surface area contributed by atoms with Crippen LogP contribution in [0.25, 0.3) is 0 Å². The number of ether oxygens (including phenoxy) is 1. The molecular formula is C17H16BrN3O5. The molecule has 0 unspecified atom stereocenters. The number of nitro benzene ring substituents is 1. The lowest BCUT2D eigenvalue weighted by Gasteiger charge is -2.05. The molecule has 2 rings (SSSR count). The Morgan fingerprint density at radius 2 is 2.08 bits per heavy atom. The van der Waals surface area contributed by atoms with Gasteiger partial charge in [0.15, 0.2) is 0 Å². The van der Waals surface area contributed by atoms with Crippen LogP contribution in [0, 0.1) is 10.1 Å². The molecule has 1 amide bonds. The molecule has 8 nitrogen and oxygen atoms in total. The maximum absolute atomic E-state index is 12.0. The minimum absolute atomic E-state index is 0.0923. The van der Waals surface area contributed by atoms with E-state index in [2.05, 4.69) is 26.5 Å². The Bertz CT molecular complexity index is 837. The van der Waals surface area contributed by atoms with Gasteiger partial charge in [-0.05, 0) is 36.8 Å². The summed E-state index contributed by atoms with van der Waals surface area (Å²) in [7, 11) is 0. The molecule has 2 aromatic carbocycles. The van der Waals surface area contributed by atoms with E-state index in [4.69, 9.17) is 4.74 Å². The van der Waals surface area contributed by atoms with Crippen LogP contribution >= 0.6 is 15.9 Å². The summed E-state index contributed by atoms with van der Waals surface area (Å²) in [6, 6.07) is 9.16. The summed E-state index contributed by atoms with van der Waals surface area (Å²) in [6.07, 6.45) is 2.02. The predicted octanol–water partition coefficient (Wildman–Crippen LogP) is 3.62. The van der Waals surface area contributed by atoms with Crippen LogP contribution in [-0.2, 0) is 0 Å². The number of benzene rings is 2. The van der Waals surface area contributed by atoms with Crippen molar-refractivity contribution in [1.29, 1.82) is 0 Å². The Hall–Kier alpha value is -2.94. The quantitative estimate of drug-likeness (QED) is 0.402. The van der Waals surface area contributed by atoms with Gasteiger partial charge in [-0.1, -0.05) is 22.9 Å². The Labute approximate surface area is 157 Å². The minimum Gasteiger partial charge on any atom is -0.502 e. The summed E-state index contributed by atoms with van der Waals surface area (Å²) in [5.41, 5.74) is 2.30. The summed E-state index contributed by atoms with van der Waals surface area (Å²) in [4.78, 5) is 22.2. The summed E-state index contributed by atoms with van der Waals surface area (Å²) in [5, 5.41) is 24.5. The van der Waals surface area contributed by atoms with Crippen LogP contribution in [0.4, 0.5) is 5.69 Å². The van der Waals surface area contributed by atoms with Gasteiger partial charge in [0.25, 0.3) is 5.91 Å². The molecule has 0 aliphatic carbocycles. The zero-order chi connectivity index (χ0) is 19.1. The van der Waals surface area contributed by atoms with E-state index in [9.17, 15) is 20.0 Å². The number of carbonyl (C=O) groups excluding carboxylic acids is 1. The number of rotatable bonds is 7. The van der Waals surface area contributed by atoms with Gasteiger partial charge in [-0.3, -0.25) is 14.9 Å². The van der Waals surface area contributed by atoms with E-state index >= 15 is 0 Å². The first-order valence-corrected chi connectivity index (χ1v) is 8.44. The number of hydrogen-bond acceptors (Lipinski definition) is 6. The van der Waals surface area contributed by atoms with Crippen molar-refractivity contribution >= 4 is 33.7 Å². The molecule has 0 radical (unpaired) electrons. The zero-order valence-corrected chi connectivity index (χ0v) is 15.4. The number of carbonyl (C=O) groups is 1. The normalized spacial score (nSPS) is 10.7. The number of halogens is 1. The van der Waals surface area contributed by atoms with Crippen molar-refractivity contribution in [3.63, 3.8) is 0 Å². The molecule has 0 saturated heterocycles. The van der Waals surface area contributed by atoms with E-state index in [0.29, 0.717) is 22.4 Å². The molecule has 0 aliphatic rings. The molecule has 9 heteroatoms. The van der Waals surface area contributed by atoms with Gasteiger partial charge in [0, 0.05) is 21.7 Å². The molecule has 0 spiro atoms. The van der Waals surface area contributed by atoms with Crippen LogP contribution in [0.5, 0.6) is 11.5 Å². The Kier molecular flexibility index (Phi) is 6.67. The fraction of sp³-hybridized carbons (Fsp3) is 0.176. The van der Waals surface area contributed by atoms with Crippen molar-refractivity contribution in [2.75, 3.05) is 6.61 Å². The van der Waals surface area contributed by atoms with Gasteiger partial charge in [0.2, 0.25) is 5.75 Å². The van der Waals surface area contributed by atoms with Crippen LogP contribution in [0.2, 0.25) is 0 Å². The average Bonchev–Trinajstić information content (AvgIpc) is 2.62. The highest BCUT2D eigenvalue weighted by atomic mass is 79.9. The van der Waals surface area contributed by atoms with E-state index in [1.165, 1.54) is 12.1 Å². The van der Waals surface area contributed by atoms with Gasteiger partial charge >= 0.3 is 5.69 Å². The van der Waals surface area contributed by atoms with Crippen molar-refractivity contribution in [2.24, 2.45) is 5.10 Å². The third-order valence-corrected chi connectivity index (χ3v) is 3.70. The third kappa shape index (κ3) is 5.03. The average molecular weight is 422 g/mol. The number of amides is 1. The Morgan fingerprint density at radius 3 is 2.69 bits per heavy atom. The second-order valence-corrected chi connectivity index (χ2v) is 6.11. The lowest BCUT2D eigenvalue weighted by Crippen LogP contribution is -2.17. The summed E-state index contributed by atoms with van der Waals surface area (Å²) in [5.74, 6) is -0.334. The van der Waals surface area contributed by atoms with Gasteiger partial charge < -0.3 is 9.84 Å². The molecule has 0 aromatic heterocycles. The van der Waals surface area contributed by atoms with Gasteiger partial charge in [-0.2, -0.15) is 5.10 Å². The van der Waals surface area contributed by atoms with Crippen molar-refractivity contribution < 1.29 is 19.6 Å². The highest BCUT2D eigenvalue weighted by Crippen LogP contribution is 2.32. The molecular weight excluding hydrogens is 406 g/mol. The summed E-state index contributed by atoms with van der Waals surface area (Å²) >= 11 is 3.12. The molecule has 2 N–H and O–H groups in total.